The van der Waals surface area contributed by atoms with Gasteiger partial charge in [-0.05, 0) is 37.5 Å². The van der Waals surface area contributed by atoms with Crippen LogP contribution in [0, 0.1) is 11.8 Å². The number of urea groups is 1. The summed E-state index contributed by atoms with van der Waals surface area (Å²) in [4.78, 5) is 29.3. The van der Waals surface area contributed by atoms with Crippen LogP contribution in [0.4, 0.5) is 4.79 Å². The second-order valence-corrected chi connectivity index (χ2v) is 8.28. The average Bonchev–Trinajstić information content (AvgIpc) is 3.38. The molecule has 3 amide bonds. The summed E-state index contributed by atoms with van der Waals surface area (Å²) in [5.41, 5.74) is 0. The molecular weight excluding hydrogens is 302 g/mol. The van der Waals surface area contributed by atoms with Crippen molar-refractivity contribution in [1.29, 1.82) is 0 Å². The van der Waals surface area contributed by atoms with Crippen LogP contribution in [0.15, 0.2) is 0 Å². The molecule has 136 valence electrons. The van der Waals surface area contributed by atoms with E-state index in [0.29, 0.717) is 37.4 Å². The third kappa shape index (κ3) is 4.42. The molecule has 1 heterocycles. The molecule has 1 saturated heterocycles. The molecule has 3 fully saturated rings. The van der Waals surface area contributed by atoms with Crippen molar-refractivity contribution in [2.45, 2.75) is 77.3 Å². The van der Waals surface area contributed by atoms with Crippen molar-refractivity contribution in [3.63, 3.8) is 0 Å². The predicted molar refractivity (Wildman–Crippen MR) is 94.7 cm³/mol. The molecule has 3 rings (SSSR count). The summed E-state index contributed by atoms with van der Waals surface area (Å²) in [6.07, 6.45) is 8.88. The van der Waals surface area contributed by atoms with Crippen LogP contribution in [0.1, 0.15) is 65.2 Å². The molecule has 1 aliphatic heterocycles. The van der Waals surface area contributed by atoms with Crippen LogP contribution in [0.25, 0.3) is 0 Å². The lowest BCUT2D eigenvalue weighted by Crippen LogP contribution is -2.51. The van der Waals surface area contributed by atoms with Gasteiger partial charge in [-0.3, -0.25) is 4.79 Å². The van der Waals surface area contributed by atoms with Crippen LogP contribution < -0.4 is 5.32 Å². The van der Waals surface area contributed by atoms with E-state index >= 15 is 0 Å². The predicted octanol–water partition coefficient (Wildman–Crippen LogP) is 3.00. The van der Waals surface area contributed by atoms with E-state index in [-0.39, 0.29) is 18.0 Å². The number of carbonyl (C=O) groups is 2. The van der Waals surface area contributed by atoms with Crippen LogP contribution in [-0.4, -0.2) is 53.5 Å². The van der Waals surface area contributed by atoms with Crippen molar-refractivity contribution in [2.75, 3.05) is 19.6 Å². The van der Waals surface area contributed by atoms with E-state index in [4.69, 9.17) is 0 Å². The minimum atomic E-state index is 0.0358. The quantitative estimate of drug-likeness (QED) is 0.858. The van der Waals surface area contributed by atoms with E-state index in [1.54, 1.807) is 0 Å². The van der Waals surface area contributed by atoms with Crippen LogP contribution in [-0.2, 0) is 4.79 Å². The van der Waals surface area contributed by atoms with Gasteiger partial charge in [0.15, 0.2) is 0 Å². The molecule has 24 heavy (non-hydrogen) atoms. The highest BCUT2D eigenvalue weighted by atomic mass is 16.2. The molecule has 0 aromatic carbocycles. The van der Waals surface area contributed by atoms with Crippen molar-refractivity contribution in [3.8, 4) is 0 Å². The van der Waals surface area contributed by atoms with Crippen LogP contribution in [0.3, 0.4) is 0 Å². The first-order valence-corrected chi connectivity index (χ1v) is 9.89. The van der Waals surface area contributed by atoms with E-state index in [9.17, 15) is 9.59 Å². The summed E-state index contributed by atoms with van der Waals surface area (Å²) in [6, 6.07) is 0.511. The lowest BCUT2D eigenvalue weighted by Gasteiger charge is -2.35. The molecule has 0 radical (unpaired) electrons. The highest BCUT2D eigenvalue weighted by Gasteiger charge is 2.36. The SMILES string of the molecule is CC(C)[C@@H]1CN(C(=O)NC2CCCCC2)CCC(=O)N1CC1CC1. The lowest BCUT2D eigenvalue weighted by atomic mass is 9.96. The molecular formula is C19H33N3O2. The number of rotatable bonds is 4. The molecule has 3 aliphatic rings. The first kappa shape index (κ1) is 17.6. The molecule has 0 spiro atoms. The number of carbonyl (C=O) groups excluding carboxylic acids is 2. The smallest absolute Gasteiger partial charge is 0.317 e. The van der Waals surface area contributed by atoms with Crippen molar-refractivity contribution in [1.82, 2.24) is 15.1 Å². The largest absolute Gasteiger partial charge is 0.337 e. The van der Waals surface area contributed by atoms with Crippen LogP contribution in [0.2, 0.25) is 0 Å². The molecule has 0 aromatic heterocycles. The Hall–Kier alpha value is -1.26. The van der Waals surface area contributed by atoms with Crippen molar-refractivity contribution in [3.05, 3.63) is 0 Å². The maximum Gasteiger partial charge on any atom is 0.317 e. The number of hydrogen-bond acceptors (Lipinski definition) is 2. The Labute approximate surface area is 146 Å². The summed E-state index contributed by atoms with van der Waals surface area (Å²) in [5, 5.41) is 3.22. The maximum atomic E-state index is 12.7. The van der Waals surface area contributed by atoms with Gasteiger partial charge in [0.25, 0.3) is 0 Å². The molecule has 0 bridgehead atoms. The fourth-order valence-electron chi connectivity index (χ4n) is 4.06. The fraction of sp³-hybridized carbons (Fsp3) is 0.895. The Morgan fingerprint density at radius 2 is 1.88 bits per heavy atom. The standard InChI is InChI=1S/C19H33N3O2/c1-14(2)17-13-21(19(24)20-16-6-4-3-5-7-16)11-10-18(23)22(17)12-15-8-9-15/h14-17H,3-13H2,1-2H3,(H,20,24)/t17-/m0/s1. The van der Waals surface area contributed by atoms with Gasteiger partial charge in [0.1, 0.15) is 0 Å². The summed E-state index contributed by atoms with van der Waals surface area (Å²) in [5.74, 6) is 1.29. The molecule has 0 aromatic rings. The average molecular weight is 335 g/mol. The maximum absolute atomic E-state index is 12.7. The normalized spacial score (nSPS) is 26.6. The zero-order chi connectivity index (χ0) is 17.1. The molecule has 5 heteroatoms. The van der Waals surface area contributed by atoms with Gasteiger partial charge in [-0.15, -0.1) is 0 Å². The number of nitrogens with one attached hydrogen (secondary N) is 1. The van der Waals surface area contributed by atoms with Gasteiger partial charge >= 0.3 is 6.03 Å². The number of amides is 3. The highest BCUT2D eigenvalue weighted by molar-refractivity contribution is 5.80. The number of hydrogen-bond donors (Lipinski definition) is 1. The Morgan fingerprint density at radius 3 is 2.50 bits per heavy atom. The van der Waals surface area contributed by atoms with E-state index in [2.05, 4.69) is 24.1 Å². The first-order valence-electron chi connectivity index (χ1n) is 9.89. The van der Waals surface area contributed by atoms with Gasteiger partial charge in [-0.25, -0.2) is 4.79 Å². The van der Waals surface area contributed by atoms with Gasteiger partial charge in [0.2, 0.25) is 5.91 Å². The van der Waals surface area contributed by atoms with Gasteiger partial charge in [-0.1, -0.05) is 33.1 Å². The van der Waals surface area contributed by atoms with Crippen molar-refractivity contribution in [2.24, 2.45) is 11.8 Å². The summed E-state index contributed by atoms with van der Waals surface area (Å²) in [6.45, 7) is 6.46. The minimum Gasteiger partial charge on any atom is -0.337 e. The number of nitrogens with zero attached hydrogens (tertiary/aromatic N) is 2. The Balaban J connectivity index is 1.63. The molecule has 1 atom stereocenters. The topological polar surface area (TPSA) is 52.7 Å². The van der Waals surface area contributed by atoms with Gasteiger partial charge in [0.05, 0.1) is 6.04 Å². The second-order valence-electron chi connectivity index (χ2n) is 8.28. The summed E-state index contributed by atoms with van der Waals surface area (Å²) >= 11 is 0. The van der Waals surface area contributed by atoms with E-state index in [1.165, 1.54) is 32.1 Å². The molecule has 1 N–H and O–H groups in total. The monoisotopic (exact) mass is 335 g/mol. The third-order valence-electron chi connectivity index (χ3n) is 5.87. The highest BCUT2D eigenvalue weighted by Crippen LogP contribution is 2.32. The molecule has 2 aliphatic carbocycles. The Bertz CT molecular complexity index is 456. The van der Waals surface area contributed by atoms with Gasteiger partial charge in [0, 0.05) is 32.1 Å². The van der Waals surface area contributed by atoms with Gasteiger partial charge < -0.3 is 15.1 Å². The lowest BCUT2D eigenvalue weighted by molar-refractivity contribution is -0.133. The summed E-state index contributed by atoms with van der Waals surface area (Å²) in [7, 11) is 0. The summed E-state index contributed by atoms with van der Waals surface area (Å²) < 4.78 is 0. The zero-order valence-corrected chi connectivity index (χ0v) is 15.3. The van der Waals surface area contributed by atoms with E-state index in [1.807, 2.05) is 4.90 Å². The molecule has 2 saturated carbocycles. The van der Waals surface area contributed by atoms with Crippen LogP contribution >= 0.6 is 0 Å². The van der Waals surface area contributed by atoms with Crippen LogP contribution in [0.5, 0.6) is 0 Å². The fourth-order valence-corrected chi connectivity index (χ4v) is 4.06. The van der Waals surface area contributed by atoms with E-state index < -0.39 is 0 Å². The molecule has 0 unspecified atom stereocenters. The van der Waals surface area contributed by atoms with Crippen molar-refractivity contribution < 1.29 is 9.59 Å². The third-order valence-corrected chi connectivity index (χ3v) is 5.87. The Kier molecular flexibility index (Phi) is 5.67. The zero-order valence-electron chi connectivity index (χ0n) is 15.3. The first-order chi connectivity index (χ1) is 11.5. The van der Waals surface area contributed by atoms with E-state index in [0.717, 1.165) is 19.4 Å². The van der Waals surface area contributed by atoms with Crippen molar-refractivity contribution >= 4 is 11.9 Å². The Morgan fingerprint density at radius 1 is 1.17 bits per heavy atom. The minimum absolute atomic E-state index is 0.0358. The molecule has 5 nitrogen and oxygen atoms in total. The van der Waals surface area contributed by atoms with Gasteiger partial charge in [-0.2, -0.15) is 0 Å². The second kappa shape index (κ2) is 7.75.